The number of nitro groups is 1. The molecule has 0 aliphatic rings. The maximum atomic E-state index is 11.9. The molecule has 1 aromatic heterocycles. The van der Waals surface area contributed by atoms with Crippen molar-refractivity contribution in [1.29, 1.82) is 0 Å². The summed E-state index contributed by atoms with van der Waals surface area (Å²) in [5.74, 6) is -0.456. The lowest BCUT2D eigenvalue weighted by Gasteiger charge is -2.08. The molecule has 2 rings (SSSR count). The Morgan fingerprint density at radius 1 is 1.48 bits per heavy atom. The Kier molecular flexibility index (Phi) is 4.85. The third-order valence-electron chi connectivity index (χ3n) is 3.31. The first kappa shape index (κ1) is 16.8. The second kappa shape index (κ2) is 6.66. The van der Waals surface area contributed by atoms with Crippen LogP contribution in [0.5, 0.6) is 5.75 Å². The van der Waals surface area contributed by atoms with Crippen LogP contribution in [0.25, 0.3) is 0 Å². The van der Waals surface area contributed by atoms with Crippen molar-refractivity contribution in [3.63, 3.8) is 0 Å². The number of aryl methyl sites for hydroxylation is 2. The summed E-state index contributed by atoms with van der Waals surface area (Å²) >= 11 is 5.80. The number of benzene rings is 1. The predicted octanol–water partition coefficient (Wildman–Crippen LogP) is 2.80. The van der Waals surface area contributed by atoms with Crippen LogP contribution in [0.15, 0.2) is 18.2 Å². The van der Waals surface area contributed by atoms with Gasteiger partial charge in [0.2, 0.25) is 5.91 Å². The average Bonchev–Trinajstić information content (AvgIpc) is 2.75. The van der Waals surface area contributed by atoms with Crippen LogP contribution in [0.1, 0.15) is 17.8 Å². The van der Waals surface area contributed by atoms with Gasteiger partial charge in [-0.05, 0) is 32.0 Å². The number of halogens is 1. The summed E-state index contributed by atoms with van der Waals surface area (Å²) in [6.45, 7) is 3.32. The van der Waals surface area contributed by atoms with E-state index in [-0.39, 0.29) is 36.0 Å². The molecule has 0 spiro atoms. The molecule has 0 aliphatic heterocycles. The van der Waals surface area contributed by atoms with E-state index in [1.165, 1.54) is 22.9 Å². The van der Waals surface area contributed by atoms with Crippen molar-refractivity contribution in [1.82, 2.24) is 9.78 Å². The summed E-state index contributed by atoms with van der Waals surface area (Å²) in [6.07, 6.45) is 0.0467. The topological polar surface area (TPSA) is 110 Å². The van der Waals surface area contributed by atoms with Gasteiger partial charge >= 0.3 is 5.69 Å². The van der Waals surface area contributed by atoms with Crippen molar-refractivity contribution in [3.05, 3.63) is 44.7 Å². The SMILES string of the molecule is Cc1nn(CCC(=O)Nc2cc(Cl)ccc2O)c(C)c1[N+](=O)[O-]. The number of carbonyl (C=O) groups is 1. The number of carbonyl (C=O) groups excluding carboxylic acids is 1. The van der Waals surface area contributed by atoms with Crippen molar-refractivity contribution in [2.75, 3.05) is 5.32 Å². The highest BCUT2D eigenvalue weighted by atomic mass is 35.5. The van der Waals surface area contributed by atoms with Crippen molar-refractivity contribution >= 4 is 28.9 Å². The molecule has 9 heteroatoms. The molecule has 0 unspecified atom stereocenters. The van der Waals surface area contributed by atoms with Gasteiger partial charge < -0.3 is 10.4 Å². The van der Waals surface area contributed by atoms with Gasteiger partial charge in [-0.15, -0.1) is 0 Å². The summed E-state index contributed by atoms with van der Waals surface area (Å²) in [6, 6.07) is 4.31. The second-order valence-corrected chi connectivity index (χ2v) is 5.40. The molecule has 0 aliphatic carbocycles. The first-order valence-electron chi connectivity index (χ1n) is 6.76. The fourth-order valence-electron chi connectivity index (χ4n) is 2.20. The molecule has 0 bridgehead atoms. The van der Waals surface area contributed by atoms with E-state index in [4.69, 9.17) is 11.6 Å². The number of hydrogen-bond acceptors (Lipinski definition) is 5. The highest BCUT2D eigenvalue weighted by Crippen LogP contribution is 2.27. The van der Waals surface area contributed by atoms with Gasteiger partial charge in [0.1, 0.15) is 17.1 Å². The van der Waals surface area contributed by atoms with Gasteiger partial charge in [-0.25, -0.2) is 0 Å². The number of phenolic OH excluding ortho intramolecular Hbond substituents is 1. The fourth-order valence-corrected chi connectivity index (χ4v) is 2.37. The second-order valence-electron chi connectivity index (χ2n) is 4.96. The Balaban J connectivity index is 2.04. The van der Waals surface area contributed by atoms with Gasteiger partial charge in [-0.3, -0.25) is 19.6 Å². The van der Waals surface area contributed by atoms with Gasteiger partial charge in [0.25, 0.3) is 0 Å². The Bertz CT molecular complexity index is 772. The highest BCUT2D eigenvalue weighted by molar-refractivity contribution is 6.31. The highest BCUT2D eigenvalue weighted by Gasteiger charge is 2.21. The molecule has 0 atom stereocenters. The van der Waals surface area contributed by atoms with E-state index >= 15 is 0 Å². The van der Waals surface area contributed by atoms with Crippen LogP contribution in [0.2, 0.25) is 5.02 Å². The largest absolute Gasteiger partial charge is 0.506 e. The average molecular weight is 339 g/mol. The molecular weight excluding hydrogens is 324 g/mol. The zero-order chi connectivity index (χ0) is 17.1. The lowest BCUT2D eigenvalue weighted by Crippen LogP contribution is -2.15. The normalized spacial score (nSPS) is 10.6. The van der Waals surface area contributed by atoms with E-state index in [0.29, 0.717) is 16.4 Å². The quantitative estimate of drug-likeness (QED) is 0.494. The van der Waals surface area contributed by atoms with Crippen LogP contribution in [-0.4, -0.2) is 25.7 Å². The molecular formula is C14H15ClN4O4. The van der Waals surface area contributed by atoms with Crippen LogP contribution in [-0.2, 0) is 11.3 Å². The number of nitrogens with zero attached hydrogens (tertiary/aromatic N) is 3. The zero-order valence-corrected chi connectivity index (χ0v) is 13.3. The number of hydrogen-bond donors (Lipinski definition) is 2. The van der Waals surface area contributed by atoms with E-state index in [2.05, 4.69) is 10.4 Å². The monoisotopic (exact) mass is 338 g/mol. The first-order chi connectivity index (χ1) is 10.8. The van der Waals surface area contributed by atoms with Crippen LogP contribution >= 0.6 is 11.6 Å². The van der Waals surface area contributed by atoms with Gasteiger partial charge in [0, 0.05) is 11.4 Å². The van der Waals surface area contributed by atoms with Crippen LogP contribution in [0.4, 0.5) is 11.4 Å². The third-order valence-corrected chi connectivity index (χ3v) is 3.54. The third kappa shape index (κ3) is 3.78. The summed E-state index contributed by atoms with van der Waals surface area (Å²) < 4.78 is 1.42. The van der Waals surface area contributed by atoms with Gasteiger partial charge in [0.05, 0.1) is 17.2 Å². The van der Waals surface area contributed by atoms with Crippen molar-refractivity contribution in [2.24, 2.45) is 0 Å². The molecule has 1 aromatic carbocycles. The van der Waals surface area contributed by atoms with Gasteiger partial charge in [0.15, 0.2) is 0 Å². The van der Waals surface area contributed by atoms with E-state index < -0.39 is 4.92 Å². The number of aromatic nitrogens is 2. The maximum absolute atomic E-state index is 11.9. The van der Waals surface area contributed by atoms with Crippen LogP contribution in [0, 0.1) is 24.0 Å². The van der Waals surface area contributed by atoms with Crippen molar-refractivity contribution in [2.45, 2.75) is 26.8 Å². The minimum atomic E-state index is -0.488. The molecule has 2 aromatic rings. The number of nitrogens with one attached hydrogen (secondary N) is 1. The van der Waals surface area contributed by atoms with Crippen molar-refractivity contribution < 1.29 is 14.8 Å². The Hall–Kier alpha value is -2.61. The molecule has 1 amide bonds. The predicted molar refractivity (Wildman–Crippen MR) is 84.7 cm³/mol. The Labute approximate surface area is 136 Å². The molecule has 0 fully saturated rings. The van der Waals surface area contributed by atoms with Crippen LogP contribution < -0.4 is 5.32 Å². The number of rotatable bonds is 5. The molecule has 2 N–H and O–H groups in total. The zero-order valence-electron chi connectivity index (χ0n) is 12.5. The molecule has 23 heavy (non-hydrogen) atoms. The van der Waals surface area contributed by atoms with Gasteiger partial charge in [-0.2, -0.15) is 5.10 Å². The number of aromatic hydroxyl groups is 1. The van der Waals surface area contributed by atoms with Crippen LogP contribution in [0.3, 0.4) is 0 Å². The lowest BCUT2D eigenvalue weighted by atomic mass is 10.2. The smallest absolute Gasteiger partial charge is 0.312 e. The molecule has 0 saturated carbocycles. The molecule has 1 heterocycles. The van der Waals surface area contributed by atoms with E-state index in [1.54, 1.807) is 13.8 Å². The Morgan fingerprint density at radius 2 is 2.17 bits per heavy atom. The Morgan fingerprint density at radius 3 is 2.78 bits per heavy atom. The fraction of sp³-hybridized carbons (Fsp3) is 0.286. The molecule has 0 saturated heterocycles. The number of anilines is 1. The summed E-state index contributed by atoms with van der Waals surface area (Å²) in [5, 5.41) is 27.6. The van der Waals surface area contributed by atoms with Gasteiger partial charge in [-0.1, -0.05) is 11.6 Å². The van der Waals surface area contributed by atoms with E-state index in [9.17, 15) is 20.0 Å². The van der Waals surface area contributed by atoms with E-state index in [0.717, 1.165) is 0 Å². The molecule has 122 valence electrons. The first-order valence-corrected chi connectivity index (χ1v) is 7.14. The minimum absolute atomic E-state index is 0.0436. The van der Waals surface area contributed by atoms with Crippen molar-refractivity contribution in [3.8, 4) is 5.75 Å². The molecule has 8 nitrogen and oxygen atoms in total. The maximum Gasteiger partial charge on any atom is 0.312 e. The number of amides is 1. The standard InChI is InChI=1S/C14H15ClN4O4/c1-8-14(19(22)23)9(2)18(17-8)6-5-13(21)16-11-7-10(15)3-4-12(11)20/h3-4,7,20H,5-6H2,1-2H3,(H,16,21). The summed E-state index contributed by atoms with van der Waals surface area (Å²) in [7, 11) is 0. The molecule has 0 radical (unpaired) electrons. The lowest BCUT2D eigenvalue weighted by molar-refractivity contribution is -0.386. The summed E-state index contributed by atoms with van der Waals surface area (Å²) in [4.78, 5) is 22.4. The van der Waals surface area contributed by atoms with E-state index in [1.807, 2.05) is 0 Å². The summed E-state index contributed by atoms with van der Waals surface area (Å²) in [5.41, 5.74) is 0.867. The number of phenols is 1. The minimum Gasteiger partial charge on any atom is -0.506 e.